The third kappa shape index (κ3) is 8.16. The summed E-state index contributed by atoms with van der Waals surface area (Å²) in [6.45, 7) is 0.485. The molecule has 0 aliphatic carbocycles. The molecule has 142 valence electrons. The summed E-state index contributed by atoms with van der Waals surface area (Å²) in [5.41, 5.74) is 0.155. The number of benzene rings is 1. The number of anilines is 1. The molecule has 0 aromatic heterocycles. The molecule has 2 N–H and O–H groups in total. The second kappa shape index (κ2) is 10.1. The third-order valence-electron chi connectivity index (χ3n) is 3.85. The average Bonchev–Trinajstić information content (AvgIpc) is 2.52. The molecule has 1 saturated heterocycles. The first-order valence-corrected chi connectivity index (χ1v) is 8.21. The lowest BCUT2D eigenvalue weighted by Crippen LogP contribution is -2.28. The molecule has 0 radical (unpaired) electrons. The van der Waals surface area contributed by atoms with E-state index in [-0.39, 0.29) is 29.8 Å². The quantitative estimate of drug-likeness (QED) is 0.742. The number of hydrogen-bond donors (Lipinski definition) is 2. The van der Waals surface area contributed by atoms with E-state index >= 15 is 0 Å². The molecular weight excluding hydrogens is 380 g/mol. The Morgan fingerprint density at radius 3 is 2.64 bits per heavy atom. The van der Waals surface area contributed by atoms with Crippen LogP contribution in [0.1, 0.15) is 25.7 Å². The second-order valence-corrected chi connectivity index (χ2v) is 6.26. The summed E-state index contributed by atoms with van der Waals surface area (Å²) in [5, 5.41) is 6.16. The summed E-state index contributed by atoms with van der Waals surface area (Å²) in [6, 6.07) is 4.12. The van der Waals surface area contributed by atoms with E-state index in [1.165, 1.54) is 18.2 Å². The van der Waals surface area contributed by atoms with Gasteiger partial charge in [-0.2, -0.15) is 13.2 Å². The van der Waals surface area contributed by atoms with E-state index in [4.69, 9.17) is 16.3 Å². The standard InChI is InChI=1S/C16H20ClF3N2O2.ClH/c17-12-2-3-14(24-10-16(18,19)20)13(9-12)22-15(23)4-1-11-5-7-21-8-6-11;/h2-3,9,11,21H,1,4-8,10H2,(H,22,23);1H. The molecule has 1 aromatic rings. The minimum atomic E-state index is -4.45. The summed E-state index contributed by atoms with van der Waals surface area (Å²) in [7, 11) is 0. The normalized spacial score (nSPS) is 15.4. The maximum Gasteiger partial charge on any atom is 0.422 e. The van der Waals surface area contributed by atoms with Crippen molar-refractivity contribution >= 4 is 35.6 Å². The molecule has 0 atom stereocenters. The van der Waals surface area contributed by atoms with Crippen molar-refractivity contribution in [3.8, 4) is 5.75 Å². The molecule has 9 heteroatoms. The number of amides is 1. The van der Waals surface area contributed by atoms with Gasteiger partial charge in [0.1, 0.15) is 5.75 Å². The van der Waals surface area contributed by atoms with E-state index in [0.29, 0.717) is 17.4 Å². The van der Waals surface area contributed by atoms with Gasteiger partial charge in [0.05, 0.1) is 5.69 Å². The monoisotopic (exact) mass is 400 g/mol. The highest BCUT2D eigenvalue weighted by atomic mass is 35.5. The van der Waals surface area contributed by atoms with Crippen LogP contribution in [0, 0.1) is 5.92 Å². The molecule has 25 heavy (non-hydrogen) atoms. The minimum Gasteiger partial charge on any atom is -0.482 e. The highest BCUT2D eigenvalue weighted by Crippen LogP contribution is 2.30. The molecule has 4 nitrogen and oxygen atoms in total. The van der Waals surface area contributed by atoms with Crippen LogP contribution in [0.4, 0.5) is 18.9 Å². The smallest absolute Gasteiger partial charge is 0.422 e. The number of nitrogens with one attached hydrogen (secondary N) is 2. The minimum absolute atomic E-state index is 0. The van der Waals surface area contributed by atoms with Gasteiger partial charge in [0.25, 0.3) is 0 Å². The molecule has 0 unspecified atom stereocenters. The summed E-state index contributed by atoms with van der Waals surface area (Å²) >= 11 is 5.85. The van der Waals surface area contributed by atoms with Crippen molar-refractivity contribution in [2.24, 2.45) is 5.92 Å². The second-order valence-electron chi connectivity index (χ2n) is 5.82. The zero-order chi connectivity index (χ0) is 17.6. The van der Waals surface area contributed by atoms with Crippen LogP contribution in [-0.4, -0.2) is 31.8 Å². The molecule has 2 rings (SSSR count). The van der Waals surface area contributed by atoms with Gasteiger partial charge < -0.3 is 15.4 Å². The highest BCUT2D eigenvalue weighted by Gasteiger charge is 2.29. The zero-order valence-electron chi connectivity index (χ0n) is 13.5. The van der Waals surface area contributed by atoms with Crippen LogP contribution in [0.25, 0.3) is 0 Å². The first kappa shape index (κ1) is 21.9. The van der Waals surface area contributed by atoms with E-state index in [1.54, 1.807) is 0 Å². The first-order valence-electron chi connectivity index (χ1n) is 7.83. The van der Waals surface area contributed by atoms with Crippen LogP contribution in [0.5, 0.6) is 5.75 Å². The summed E-state index contributed by atoms with van der Waals surface area (Å²) in [5.74, 6) is 0.192. The van der Waals surface area contributed by atoms with Crippen molar-refractivity contribution < 1.29 is 22.7 Å². The number of carbonyl (C=O) groups excluding carboxylic acids is 1. The number of piperidine rings is 1. The van der Waals surface area contributed by atoms with E-state index < -0.39 is 12.8 Å². The van der Waals surface area contributed by atoms with Crippen LogP contribution < -0.4 is 15.4 Å². The lowest BCUT2D eigenvalue weighted by atomic mass is 9.93. The van der Waals surface area contributed by atoms with Crippen molar-refractivity contribution in [1.82, 2.24) is 5.32 Å². The molecule has 0 saturated carbocycles. The first-order chi connectivity index (χ1) is 11.3. The van der Waals surface area contributed by atoms with Gasteiger partial charge in [-0.05, 0) is 56.5 Å². The van der Waals surface area contributed by atoms with Crippen LogP contribution in [0.2, 0.25) is 5.02 Å². The topological polar surface area (TPSA) is 50.4 Å². The Bertz CT molecular complexity index is 565. The fourth-order valence-corrected chi connectivity index (χ4v) is 2.78. The predicted octanol–water partition coefficient (Wildman–Crippen LogP) is 4.42. The average molecular weight is 401 g/mol. The van der Waals surface area contributed by atoms with Crippen LogP contribution in [-0.2, 0) is 4.79 Å². The van der Waals surface area contributed by atoms with Gasteiger partial charge in [-0.25, -0.2) is 0 Å². The lowest BCUT2D eigenvalue weighted by molar-refractivity contribution is -0.153. The highest BCUT2D eigenvalue weighted by molar-refractivity contribution is 6.31. The number of hydrogen-bond acceptors (Lipinski definition) is 3. The summed E-state index contributed by atoms with van der Waals surface area (Å²) in [6.07, 6.45) is -1.31. The summed E-state index contributed by atoms with van der Waals surface area (Å²) in [4.78, 5) is 12.1. The van der Waals surface area contributed by atoms with Crippen LogP contribution >= 0.6 is 24.0 Å². The fourth-order valence-electron chi connectivity index (χ4n) is 2.60. The van der Waals surface area contributed by atoms with Gasteiger partial charge in [-0.15, -0.1) is 12.4 Å². The van der Waals surface area contributed by atoms with Crippen molar-refractivity contribution in [3.05, 3.63) is 23.2 Å². The molecule has 1 amide bonds. The van der Waals surface area contributed by atoms with E-state index in [9.17, 15) is 18.0 Å². The van der Waals surface area contributed by atoms with Gasteiger partial charge in [0.2, 0.25) is 5.91 Å². The molecule has 1 heterocycles. The predicted molar refractivity (Wildman–Crippen MR) is 93.7 cm³/mol. The van der Waals surface area contributed by atoms with Gasteiger partial charge >= 0.3 is 6.18 Å². The molecule has 1 aromatic carbocycles. The Labute approximate surface area is 155 Å². The molecule has 0 bridgehead atoms. The third-order valence-corrected chi connectivity index (χ3v) is 4.08. The van der Waals surface area contributed by atoms with Gasteiger partial charge in [-0.1, -0.05) is 11.6 Å². The maximum absolute atomic E-state index is 12.3. The Morgan fingerprint density at radius 1 is 1.32 bits per heavy atom. The Kier molecular flexibility index (Phi) is 8.82. The van der Waals surface area contributed by atoms with Crippen molar-refractivity contribution in [2.45, 2.75) is 31.9 Å². The van der Waals surface area contributed by atoms with Gasteiger partial charge in [0, 0.05) is 11.4 Å². The lowest BCUT2D eigenvalue weighted by Gasteiger charge is -2.22. The van der Waals surface area contributed by atoms with Crippen molar-refractivity contribution in [2.75, 3.05) is 25.0 Å². The molecule has 1 fully saturated rings. The number of carbonyl (C=O) groups is 1. The maximum atomic E-state index is 12.3. The molecule has 1 aliphatic heterocycles. The Hall–Kier alpha value is -1.18. The van der Waals surface area contributed by atoms with E-state index in [1.807, 2.05) is 0 Å². The summed E-state index contributed by atoms with van der Waals surface area (Å²) < 4.78 is 41.6. The number of ether oxygens (including phenoxy) is 1. The van der Waals surface area contributed by atoms with Gasteiger partial charge in [0.15, 0.2) is 6.61 Å². The van der Waals surface area contributed by atoms with Gasteiger partial charge in [-0.3, -0.25) is 4.79 Å². The Balaban J connectivity index is 0.00000312. The van der Waals surface area contributed by atoms with Crippen LogP contribution in [0.15, 0.2) is 18.2 Å². The number of alkyl halides is 3. The van der Waals surface area contributed by atoms with Crippen molar-refractivity contribution in [3.63, 3.8) is 0 Å². The largest absolute Gasteiger partial charge is 0.482 e. The molecular formula is C16H21Cl2F3N2O2. The van der Waals surface area contributed by atoms with E-state index in [2.05, 4.69) is 10.6 Å². The Morgan fingerprint density at radius 2 is 2.00 bits per heavy atom. The number of rotatable bonds is 6. The van der Waals surface area contributed by atoms with Crippen LogP contribution in [0.3, 0.4) is 0 Å². The molecule has 1 aliphatic rings. The van der Waals surface area contributed by atoms with E-state index in [0.717, 1.165) is 32.4 Å². The SMILES string of the molecule is Cl.O=C(CCC1CCNCC1)Nc1cc(Cl)ccc1OCC(F)(F)F. The zero-order valence-corrected chi connectivity index (χ0v) is 15.1. The number of halogens is 5. The van der Waals surface area contributed by atoms with Crippen molar-refractivity contribution in [1.29, 1.82) is 0 Å². The fraction of sp³-hybridized carbons (Fsp3) is 0.562. The molecule has 0 spiro atoms.